The Morgan fingerprint density at radius 2 is 1.75 bits per heavy atom. The zero-order valence-electron chi connectivity index (χ0n) is 17.1. The molecule has 0 saturated carbocycles. The Bertz CT molecular complexity index is 995. The van der Waals surface area contributed by atoms with Gasteiger partial charge in [-0.25, -0.2) is 4.79 Å². The van der Waals surface area contributed by atoms with E-state index in [0.29, 0.717) is 12.0 Å². The standard InChI is InChI=1S/C21H21F2N2O6P/c1-30-19(26)15-10-14(13-2-4-16(5-3-13)21(22,23)32)11-24(12-15)20(27)31-18-8-6-17(7-9-18)25(28)29/h2-9,14-15H,10-12,32H2,1H3. The maximum absolute atomic E-state index is 13.5. The van der Waals surface area contributed by atoms with E-state index in [2.05, 4.69) is 0 Å². The summed E-state index contributed by atoms with van der Waals surface area (Å²) in [6.07, 6.45) is -0.351. The first-order valence-corrected chi connectivity index (χ1v) is 10.2. The molecule has 0 bridgehead atoms. The van der Waals surface area contributed by atoms with Crippen LogP contribution in [-0.4, -0.2) is 42.1 Å². The molecule has 32 heavy (non-hydrogen) atoms. The van der Waals surface area contributed by atoms with Gasteiger partial charge in [0.25, 0.3) is 11.4 Å². The second-order valence-electron chi connectivity index (χ2n) is 7.42. The summed E-state index contributed by atoms with van der Waals surface area (Å²) in [5.41, 5.74) is -2.67. The summed E-state index contributed by atoms with van der Waals surface area (Å²) in [5.74, 6) is -1.30. The molecule has 0 spiro atoms. The molecule has 1 aliphatic heterocycles. The minimum atomic E-state index is -3.06. The van der Waals surface area contributed by atoms with Crippen molar-refractivity contribution in [1.82, 2.24) is 4.90 Å². The maximum atomic E-state index is 13.5. The van der Waals surface area contributed by atoms with Crippen molar-refractivity contribution < 1.29 is 32.8 Å². The summed E-state index contributed by atoms with van der Waals surface area (Å²) in [7, 11) is 2.73. The third-order valence-electron chi connectivity index (χ3n) is 5.26. The number of carbonyl (C=O) groups is 2. The number of esters is 1. The first-order chi connectivity index (χ1) is 15.1. The Balaban J connectivity index is 1.78. The molecule has 1 saturated heterocycles. The van der Waals surface area contributed by atoms with Crippen molar-refractivity contribution in [3.8, 4) is 5.75 Å². The van der Waals surface area contributed by atoms with Gasteiger partial charge in [0.05, 0.1) is 18.0 Å². The predicted molar refractivity (Wildman–Crippen MR) is 114 cm³/mol. The highest BCUT2D eigenvalue weighted by Gasteiger charge is 2.36. The van der Waals surface area contributed by atoms with E-state index in [1.807, 2.05) is 0 Å². The summed E-state index contributed by atoms with van der Waals surface area (Å²) in [4.78, 5) is 36.4. The van der Waals surface area contributed by atoms with Gasteiger partial charge in [0.1, 0.15) is 5.75 Å². The Morgan fingerprint density at radius 1 is 1.12 bits per heavy atom. The molecule has 8 nitrogen and oxygen atoms in total. The van der Waals surface area contributed by atoms with Crippen molar-refractivity contribution in [1.29, 1.82) is 0 Å². The minimum Gasteiger partial charge on any atom is -0.469 e. The molecule has 11 heteroatoms. The molecule has 1 fully saturated rings. The molecule has 3 rings (SSSR count). The summed E-state index contributed by atoms with van der Waals surface area (Å²) in [6, 6.07) is 10.8. The van der Waals surface area contributed by atoms with E-state index >= 15 is 0 Å². The van der Waals surface area contributed by atoms with E-state index in [1.165, 1.54) is 57.6 Å². The molecule has 0 radical (unpaired) electrons. The van der Waals surface area contributed by atoms with E-state index in [0.717, 1.165) is 0 Å². The lowest BCUT2D eigenvalue weighted by atomic mass is 9.84. The number of methoxy groups -OCH3 is 1. The highest BCUT2D eigenvalue weighted by atomic mass is 31.0. The molecule has 1 aliphatic rings. The van der Waals surface area contributed by atoms with Crippen molar-refractivity contribution in [2.24, 2.45) is 5.92 Å². The van der Waals surface area contributed by atoms with Crippen LogP contribution in [0.15, 0.2) is 48.5 Å². The van der Waals surface area contributed by atoms with E-state index < -0.39 is 28.6 Å². The largest absolute Gasteiger partial charge is 0.469 e. The fourth-order valence-electron chi connectivity index (χ4n) is 3.61. The molecular weight excluding hydrogens is 445 g/mol. The van der Waals surface area contributed by atoms with Gasteiger partial charge in [-0.2, -0.15) is 8.78 Å². The van der Waals surface area contributed by atoms with E-state index in [9.17, 15) is 28.5 Å². The third-order valence-corrected chi connectivity index (χ3v) is 5.60. The normalized spacial score (nSPS) is 18.7. The van der Waals surface area contributed by atoms with Gasteiger partial charge in [-0.3, -0.25) is 14.9 Å². The van der Waals surface area contributed by atoms with Gasteiger partial charge in [-0.1, -0.05) is 33.5 Å². The molecule has 3 unspecified atom stereocenters. The number of nitrogens with zero attached hydrogens (tertiary/aromatic N) is 2. The first-order valence-electron chi connectivity index (χ1n) is 9.64. The molecule has 1 heterocycles. The second-order valence-corrected chi connectivity index (χ2v) is 8.15. The first kappa shape index (κ1) is 23.5. The molecule has 2 aromatic carbocycles. The number of likely N-dealkylation sites (tertiary alicyclic amines) is 1. The van der Waals surface area contributed by atoms with E-state index in [4.69, 9.17) is 9.47 Å². The van der Waals surface area contributed by atoms with Crippen molar-refractivity contribution in [2.45, 2.75) is 18.0 Å². The molecule has 0 aliphatic carbocycles. The maximum Gasteiger partial charge on any atom is 0.415 e. The van der Waals surface area contributed by atoms with Crippen LogP contribution in [0.4, 0.5) is 19.3 Å². The number of nitro benzene ring substituents is 1. The van der Waals surface area contributed by atoms with Gasteiger partial charge in [0, 0.05) is 36.7 Å². The van der Waals surface area contributed by atoms with E-state index in [-0.39, 0.29) is 36.0 Å². The zero-order valence-corrected chi connectivity index (χ0v) is 18.2. The molecule has 0 aromatic heterocycles. The Kier molecular flexibility index (Phi) is 7.03. The van der Waals surface area contributed by atoms with Crippen molar-refractivity contribution in [2.75, 3.05) is 20.2 Å². The number of carbonyl (C=O) groups excluding carboxylic acids is 2. The third kappa shape index (κ3) is 5.56. The number of hydrogen-bond acceptors (Lipinski definition) is 6. The zero-order chi connectivity index (χ0) is 23.5. The van der Waals surface area contributed by atoms with Crippen molar-refractivity contribution >= 4 is 27.0 Å². The van der Waals surface area contributed by atoms with Gasteiger partial charge in [-0.05, 0) is 24.1 Å². The number of benzene rings is 2. The number of alkyl halides is 2. The van der Waals surface area contributed by atoms with Crippen molar-refractivity contribution in [3.63, 3.8) is 0 Å². The molecule has 3 atom stereocenters. The van der Waals surface area contributed by atoms with E-state index in [1.54, 1.807) is 12.1 Å². The highest BCUT2D eigenvalue weighted by Crippen LogP contribution is 2.37. The van der Waals surface area contributed by atoms with Crippen LogP contribution >= 0.6 is 9.24 Å². The lowest BCUT2D eigenvalue weighted by Crippen LogP contribution is -2.46. The van der Waals surface area contributed by atoms with Crippen LogP contribution in [0.25, 0.3) is 0 Å². The summed E-state index contributed by atoms with van der Waals surface area (Å²) >= 11 is 0. The average molecular weight is 466 g/mol. The SMILES string of the molecule is COC(=O)C1CC(c2ccc(C(F)(F)P)cc2)CN(C(=O)Oc2ccc([N+](=O)[O-])cc2)C1. The van der Waals surface area contributed by atoms with Crippen molar-refractivity contribution in [3.05, 3.63) is 69.8 Å². The lowest BCUT2D eigenvalue weighted by Gasteiger charge is -2.36. The van der Waals surface area contributed by atoms with Gasteiger partial charge in [-0.15, -0.1) is 0 Å². The van der Waals surface area contributed by atoms with Crippen LogP contribution < -0.4 is 4.74 Å². The summed E-state index contributed by atoms with van der Waals surface area (Å²) < 4.78 is 37.1. The van der Waals surface area contributed by atoms with Crippen LogP contribution in [0.3, 0.4) is 0 Å². The minimum absolute atomic E-state index is 0.0662. The average Bonchev–Trinajstić information content (AvgIpc) is 2.78. The summed E-state index contributed by atoms with van der Waals surface area (Å²) in [5, 5.41) is 10.8. The number of nitro groups is 1. The molecule has 0 N–H and O–H groups in total. The van der Waals surface area contributed by atoms with Crippen LogP contribution in [0, 0.1) is 16.0 Å². The smallest absolute Gasteiger partial charge is 0.415 e. The summed E-state index contributed by atoms with van der Waals surface area (Å²) in [6.45, 7) is 0.271. The molecule has 170 valence electrons. The highest BCUT2D eigenvalue weighted by molar-refractivity contribution is 7.17. The van der Waals surface area contributed by atoms with Gasteiger partial charge in [0.2, 0.25) is 0 Å². The Morgan fingerprint density at radius 3 is 2.28 bits per heavy atom. The Labute approximate surface area is 184 Å². The van der Waals surface area contributed by atoms with Crippen LogP contribution in [-0.2, 0) is 15.2 Å². The van der Waals surface area contributed by atoms with Crippen LogP contribution in [0.2, 0.25) is 0 Å². The van der Waals surface area contributed by atoms with Gasteiger partial charge in [0.15, 0.2) is 0 Å². The predicted octanol–water partition coefficient (Wildman–Crippen LogP) is 4.30. The topological polar surface area (TPSA) is 99.0 Å². The monoisotopic (exact) mass is 466 g/mol. The number of piperidine rings is 1. The van der Waals surface area contributed by atoms with Gasteiger partial charge < -0.3 is 14.4 Å². The second kappa shape index (κ2) is 9.56. The lowest BCUT2D eigenvalue weighted by molar-refractivity contribution is -0.384. The van der Waals surface area contributed by atoms with Crippen LogP contribution in [0.1, 0.15) is 23.5 Å². The molecule has 2 aromatic rings. The Hall–Kier alpha value is -3.13. The molecule has 1 amide bonds. The quantitative estimate of drug-likeness (QED) is 0.282. The number of hydrogen-bond donors (Lipinski definition) is 0. The fraction of sp³-hybridized carbons (Fsp3) is 0.333. The van der Waals surface area contributed by atoms with Gasteiger partial charge >= 0.3 is 12.1 Å². The number of ether oxygens (including phenoxy) is 2. The number of amides is 1. The number of halogens is 2. The fourth-order valence-corrected chi connectivity index (χ4v) is 3.80. The molecular formula is C21H21F2N2O6P. The number of rotatable bonds is 5. The van der Waals surface area contributed by atoms with Crippen LogP contribution in [0.5, 0.6) is 5.75 Å². The number of non-ortho nitro benzene ring substituents is 1.